The number of anilines is 4. The van der Waals surface area contributed by atoms with E-state index in [0.717, 1.165) is 0 Å². The predicted octanol–water partition coefficient (Wildman–Crippen LogP) is 4.41. The molecule has 200 valence electrons. The zero-order valence-electron chi connectivity index (χ0n) is 21.7. The minimum Gasteiger partial charge on any atom is -0.447 e. The van der Waals surface area contributed by atoms with Gasteiger partial charge in [-0.15, -0.1) is 0 Å². The molecule has 0 saturated carbocycles. The monoisotopic (exact) mass is 529 g/mol. The number of carbonyl (C=O) groups is 3. The van der Waals surface area contributed by atoms with Gasteiger partial charge in [0.15, 0.2) is 0 Å². The number of benzene rings is 3. The summed E-state index contributed by atoms with van der Waals surface area (Å²) in [5, 5.41) is 6.07. The van der Waals surface area contributed by atoms with Gasteiger partial charge in [-0.25, -0.2) is 9.18 Å². The average Bonchev–Trinajstić information content (AvgIpc) is 3.48. The van der Waals surface area contributed by atoms with E-state index in [1.54, 1.807) is 75.5 Å². The second-order valence-corrected chi connectivity index (χ2v) is 9.96. The van der Waals surface area contributed by atoms with Gasteiger partial charge in [0.25, 0.3) is 5.91 Å². The molecule has 0 radical (unpaired) electrons. The second-order valence-electron chi connectivity index (χ2n) is 9.96. The highest BCUT2D eigenvalue weighted by Gasteiger charge is 2.30. The van der Waals surface area contributed by atoms with Gasteiger partial charge in [0.1, 0.15) is 12.4 Å². The smallest absolute Gasteiger partial charge is 0.414 e. The average molecular weight is 530 g/mol. The fraction of sp³-hybridized carbons (Fsp3) is 0.207. The SMILES string of the molecule is CN(C(=O)C(C)(C)N)c1ccc(N/C(=C2\C(=O)Nc3cc(F)ccc32)c2ccc(N3CCOC3=O)cc2)cc1. The van der Waals surface area contributed by atoms with E-state index in [1.165, 1.54) is 21.9 Å². The highest BCUT2D eigenvalue weighted by Crippen LogP contribution is 2.38. The van der Waals surface area contributed by atoms with Gasteiger partial charge in [-0.3, -0.25) is 14.5 Å². The summed E-state index contributed by atoms with van der Waals surface area (Å²) in [5.74, 6) is -1.07. The summed E-state index contributed by atoms with van der Waals surface area (Å²) >= 11 is 0. The number of cyclic esters (lactones) is 1. The lowest BCUT2D eigenvalue weighted by Gasteiger charge is -2.26. The molecule has 2 aliphatic rings. The van der Waals surface area contributed by atoms with Gasteiger partial charge in [0.2, 0.25) is 5.91 Å². The second kappa shape index (κ2) is 9.88. The van der Waals surface area contributed by atoms with Crippen LogP contribution < -0.4 is 26.2 Å². The predicted molar refractivity (Wildman–Crippen MR) is 149 cm³/mol. The Labute approximate surface area is 225 Å². The molecule has 10 heteroatoms. The lowest BCUT2D eigenvalue weighted by Crippen LogP contribution is -2.49. The number of hydrogen-bond acceptors (Lipinski definition) is 6. The maximum absolute atomic E-state index is 13.9. The molecule has 2 aliphatic heterocycles. The summed E-state index contributed by atoms with van der Waals surface area (Å²) in [7, 11) is 1.66. The molecule has 3 amide bonds. The fourth-order valence-corrected chi connectivity index (χ4v) is 4.57. The first-order valence-electron chi connectivity index (χ1n) is 12.4. The molecule has 0 spiro atoms. The fourth-order valence-electron chi connectivity index (χ4n) is 4.57. The van der Waals surface area contributed by atoms with Gasteiger partial charge < -0.3 is 26.0 Å². The van der Waals surface area contributed by atoms with Crippen molar-refractivity contribution in [2.45, 2.75) is 19.4 Å². The number of nitrogens with zero attached hydrogens (tertiary/aromatic N) is 2. The quantitative estimate of drug-likeness (QED) is 0.407. The molecule has 39 heavy (non-hydrogen) atoms. The molecular formula is C29H28FN5O4. The normalized spacial score (nSPS) is 16.0. The van der Waals surface area contributed by atoms with Crippen LogP contribution in [0.4, 0.5) is 31.9 Å². The van der Waals surface area contributed by atoms with Gasteiger partial charge >= 0.3 is 6.09 Å². The van der Waals surface area contributed by atoms with Crippen molar-refractivity contribution in [3.05, 3.63) is 83.7 Å². The molecule has 0 atom stereocenters. The Balaban J connectivity index is 1.53. The van der Waals surface area contributed by atoms with Crippen molar-refractivity contribution in [2.24, 2.45) is 5.73 Å². The van der Waals surface area contributed by atoms with Crippen LogP contribution >= 0.6 is 0 Å². The van der Waals surface area contributed by atoms with E-state index in [0.29, 0.717) is 58.3 Å². The van der Waals surface area contributed by atoms with Crippen molar-refractivity contribution in [3.63, 3.8) is 0 Å². The first kappa shape index (κ1) is 25.9. The molecule has 1 fully saturated rings. The lowest BCUT2D eigenvalue weighted by molar-refractivity contribution is -0.122. The Morgan fingerprint density at radius 2 is 1.77 bits per heavy atom. The number of likely N-dealkylation sites (N-methyl/N-ethyl adjacent to an activating group) is 1. The summed E-state index contributed by atoms with van der Waals surface area (Å²) in [6.07, 6.45) is -0.410. The minimum atomic E-state index is -1.02. The van der Waals surface area contributed by atoms with E-state index in [2.05, 4.69) is 10.6 Å². The number of halogens is 1. The number of nitrogens with one attached hydrogen (secondary N) is 2. The maximum atomic E-state index is 13.9. The first-order chi connectivity index (χ1) is 18.5. The molecule has 0 unspecified atom stereocenters. The van der Waals surface area contributed by atoms with Crippen LogP contribution in [-0.2, 0) is 14.3 Å². The summed E-state index contributed by atoms with van der Waals surface area (Å²) in [6.45, 7) is 4.07. The third-order valence-corrected chi connectivity index (χ3v) is 6.58. The summed E-state index contributed by atoms with van der Waals surface area (Å²) < 4.78 is 18.9. The number of rotatable bonds is 6. The van der Waals surface area contributed by atoms with E-state index >= 15 is 0 Å². The zero-order chi connectivity index (χ0) is 27.9. The van der Waals surface area contributed by atoms with Crippen molar-refractivity contribution >= 4 is 51.9 Å². The van der Waals surface area contributed by atoms with Gasteiger partial charge in [0, 0.05) is 29.7 Å². The Kier molecular flexibility index (Phi) is 6.57. The van der Waals surface area contributed by atoms with Crippen LogP contribution in [0.25, 0.3) is 11.3 Å². The highest BCUT2D eigenvalue weighted by atomic mass is 19.1. The maximum Gasteiger partial charge on any atom is 0.414 e. The highest BCUT2D eigenvalue weighted by molar-refractivity contribution is 6.37. The number of fused-ring (bicyclic) bond motifs is 1. The molecule has 0 aliphatic carbocycles. The number of amides is 3. The van der Waals surface area contributed by atoms with Crippen molar-refractivity contribution in [1.29, 1.82) is 0 Å². The zero-order valence-corrected chi connectivity index (χ0v) is 21.7. The Morgan fingerprint density at radius 3 is 2.38 bits per heavy atom. The van der Waals surface area contributed by atoms with Gasteiger partial charge in [0.05, 0.1) is 29.0 Å². The van der Waals surface area contributed by atoms with Crippen LogP contribution in [-0.4, -0.2) is 43.6 Å². The molecule has 0 bridgehead atoms. The van der Waals surface area contributed by atoms with Crippen LogP contribution in [0.3, 0.4) is 0 Å². The molecule has 1 saturated heterocycles. The van der Waals surface area contributed by atoms with Crippen LogP contribution in [0.2, 0.25) is 0 Å². The number of ether oxygens (including phenoxy) is 1. The number of nitrogens with two attached hydrogens (primary N) is 1. The molecule has 3 aromatic carbocycles. The van der Waals surface area contributed by atoms with Crippen LogP contribution in [0.1, 0.15) is 25.0 Å². The van der Waals surface area contributed by atoms with Gasteiger partial charge in [-0.1, -0.05) is 12.1 Å². The minimum absolute atomic E-state index is 0.237. The van der Waals surface area contributed by atoms with Crippen molar-refractivity contribution in [1.82, 2.24) is 0 Å². The van der Waals surface area contributed by atoms with E-state index in [9.17, 15) is 18.8 Å². The Hall–Kier alpha value is -4.70. The Bertz CT molecular complexity index is 1490. The van der Waals surface area contributed by atoms with E-state index in [1.807, 2.05) is 0 Å². The molecule has 5 rings (SSSR count). The van der Waals surface area contributed by atoms with Gasteiger partial charge in [-0.05, 0) is 74.0 Å². The summed E-state index contributed by atoms with van der Waals surface area (Å²) in [5.41, 5.74) is 9.38. The van der Waals surface area contributed by atoms with Crippen LogP contribution in [0.15, 0.2) is 66.7 Å². The van der Waals surface area contributed by atoms with Crippen molar-refractivity contribution in [3.8, 4) is 0 Å². The van der Waals surface area contributed by atoms with E-state index in [4.69, 9.17) is 10.5 Å². The van der Waals surface area contributed by atoms with Crippen LogP contribution in [0.5, 0.6) is 0 Å². The summed E-state index contributed by atoms with van der Waals surface area (Å²) in [6, 6.07) is 18.4. The molecular weight excluding hydrogens is 501 g/mol. The number of carbonyl (C=O) groups excluding carboxylic acids is 3. The van der Waals surface area contributed by atoms with E-state index in [-0.39, 0.29) is 11.8 Å². The van der Waals surface area contributed by atoms with Crippen molar-refractivity contribution in [2.75, 3.05) is 40.6 Å². The molecule has 0 aromatic heterocycles. The standard InChI is InChI=1S/C29H28FN5O4/c1-29(2,31)27(37)34(3)20-11-7-19(8-12-20)32-25(24-22-13-6-18(30)16-23(22)33-26(24)36)17-4-9-21(10-5-17)35-14-15-39-28(35)38/h4-13,16,32H,14-15,31H2,1-3H3,(H,33,36)/b25-24-. The van der Waals surface area contributed by atoms with Crippen molar-refractivity contribution < 1.29 is 23.5 Å². The first-order valence-corrected chi connectivity index (χ1v) is 12.4. The largest absolute Gasteiger partial charge is 0.447 e. The molecule has 4 N–H and O–H groups in total. The van der Waals surface area contributed by atoms with E-state index < -0.39 is 17.4 Å². The molecule has 2 heterocycles. The summed E-state index contributed by atoms with van der Waals surface area (Å²) in [4.78, 5) is 40.7. The topological polar surface area (TPSA) is 117 Å². The molecule has 9 nitrogen and oxygen atoms in total. The Morgan fingerprint density at radius 1 is 1.08 bits per heavy atom. The number of hydrogen-bond donors (Lipinski definition) is 3. The van der Waals surface area contributed by atoms with Gasteiger partial charge in [-0.2, -0.15) is 0 Å². The molecule has 3 aromatic rings. The third kappa shape index (κ3) is 5.06. The third-order valence-electron chi connectivity index (χ3n) is 6.58. The lowest BCUT2D eigenvalue weighted by atomic mass is 9.99. The van der Waals surface area contributed by atoms with Crippen LogP contribution in [0, 0.1) is 5.82 Å².